The van der Waals surface area contributed by atoms with Gasteiger partial charge in [0.2, 0.25) is 0 Å². The van der Waals surface area contributed by atoms with Gasteiger partial charge in [0.1, 0.15) is 0 Å². The van der Waals surface area contributed by atoms with E-state index in [0.717, 1.165) is 11.3 Å². The summed E-state index contributed by atoms with van der Waals surface area (Å²) in [7, 11) is 0. The van der Waals surface area contributed by atoms with E-state index in [9.17, 15) is 4.79 Å². The summed E-state index contributed by atoms with van der Waals surface area (Å²) in [5.74, 6) is -0.250. The molecule has 0 saturated heterocycles. The van der Waals surface area contributed by atoms with E-state index in [0.29, 0.717) is 22.8 Å². The fourth-order valence-corrected chi connectivity index (χ4v) is 2.51. The van der Waals surface area contributed by atoms with E-state index in [1.165, 1.54) is 11.8 Å². The van der Waals surface area contributed by atoms with E-state index in [1.807, 2.05) is 12.1 Å². The molecule has 0 aliphatic heterocycles. The zero-order valence-corrected chi connectivity index (χ0v) is 14.5. The minimum absolute atomic E-state index is 0.250. The maximum atomic E-state index is 12.4. The molecular formula is C20H18ClN3O. The number of aryl methyl sites for hydroxylation is 1. The van der Waals surface area contributed by atoms with Crippen LogP contribution in [0, 0.1) is 6.92 Å². The highest BCUT2D eigenvalue weighted by Gasteiger charge is 2.09. The quantitative estimate of drug-likeness (QED) is 0.686. The summed E-state index contributed by atoms with van der Waals surface area (Å²) in [6.07, 6.45) is 3.23. The van der Waals surface area contributed by atoms with Crippen molar-refractivity contribution >= 4 is 28.9 Å². The van der Waals surface area contributed by atoms with Gasteiger partial charge in [-0.15, -0.1) is 0 Å². The van der Waals surface area contributed by atoms with E-state index >= 15 is 0 Å². The molecule has 0 bridgehead atoms. The van der Waals surface area contributed by atoms with Crippen LogP contribution >= 0.6 is 11.6 Å². The second kappa shape index (κ2) is 7.81. The molecule has 0 saturated carbocycles. The van der Waals surface area contributed by atoms with Crippen molar-refractivity contribution in [1.29, 1.82) is 0 Å². The SMILES string of the molecule is Cc1ccc(CNc2cncc(C(=O)Nc3ccccc3Cl)c2)cc1. The molecule has 3 aromatic rings. The van der Waals surface area contributed by atoms with E-state index in [2.05, 4.69) is 46.8 Å². The molecule has 4 nitrogen and oxygen atoms in total. The van der Waals surface area contributed by atoms with Crippen LogP contribution in [0.2, 0.25) is 5.02 Å². The molecule has 126 valence electrons. The van der Waals surface area contributed by atoms with Crippen molar-refractivity contribution in [1.82, 2.24) is 4.98 Å². The van der Waals surface area contributed by atoms with Crippen molar-refractivity contribution in [3.05, 3.63) is 88.7 Å². The van der Waals surface area contributed by atoms with Crippen molar-refractivity contribution < 1.29 is 4.79 Å². The lowest BCUT2D eigenvalue weighted by Crippen LogP contribution is -2.13. The standard InChI is InChI=1S/C20H18ClN3O/c1-14-6-8-15(9-7-14)11-23-17-10-16(12-22-13-17)20(25)24-19-5-3-2-4-18(19)21/h2-10,12-13,23H,11H2,1H3,(H,24,25). The van der Waals surface area contributed by atoms with Crippen LogP contribution in [0.1, 0.15) is 21.5 Å². The van der Waals surface area contributed by atoms with Crippen LogP contribution in [0.25, 0.3) is 0 Å². The van der Waals surface area contributed by atoms with Crippen LogP contribution in [0.4, 0.5) is 11.4 Å². The maximum absolute atomic E-state index is 12.4. The Morgan fingerprint density at radius 2 is 1.84 bits per heavy atom. The van der Waals surface area contributed by atoms with Crippen LogP contribution in [0.15, 0.2) is 67.0 Å². The Bertz CT molecular complexity index is 878. The number of para-hydroxylation sites is 1. The van der Waals surface area contributed by atoms with Crippen LogP contribution in [-0.2, 0) is 6.54 Å². The number of benzene rings is 2. The molecule has 1 amide bonds. The number of aromatic nitrogens is 1. The first-order valence-electron chi connectivity index (χ1n) is 7.92. The van der Waals surface area contributed by atoms with E-state index < -0.39 is 0 Å². The summed E-state index contributed by atoms with van der Waals surface area (Å²) in [5.41, 5.74) is 4.22. The fraction of sp³-hybridized carbons (Fsp3) is 0.100. The number of carbonyl (C=O) groups excluding carboxylic acids is 1. The highest BCUT2D eigenvalue weighted by atomic mass is 35.5. The number of nitrogens with one attached hydrogen (secondary N) is 2. The number of rotatable bonds is 5. The van der Waals surface area contributed by atoms with Crippen molar-refractivity contribution in [3.63, 3.8) is 0 Å². The van der Waals surface area contributed by atoms with Gasteiger partial charge in [-0.3, -0.25) is 9.78 Å². The van der Waals surface area contributed by atoms with Crippen LogP contribution in [0.3, 0.4) is 0 Å². The molecular weight excluding hydrogens is 334 g/mol. The average Bonchev–Trinajstić information content (AvgIpc) is 2.63. The minimum atomic E-state index is -0.250. The molecule has 3 rings (SSSR count). The molecule has 2 N–H and O–H groups in total. The van der Waals surface area contributed by atoms with Gasteiger partial charge < -0.3 is 10.6 Å². The van der Waals surface area contributed by atoms with Gasteiger partial charge in [-0.05, 0) is 30.7 Å². The Balaban J connectivity index is 1.67. The first kappa shape index (κ1) is 17.0. The summed E-state index contributed by atoms with van der Waals surface area (Å²) in [5, 5.41) is 6.58. The number of carbonyl (C=O) groups is 1. The number of amides is 1. The number of pyridine rings is 1. The van der Waals surface area contributed by atoms with Crippen molar-refractivity contribution in [3.8, 4) is 0 Å². The number of anilines is 2. The Morgan fingerprint density at radius 1 is 1.08 bits per heavy atom. The molecule has 0 aliphatic carbocycles. The Hall–Kier alpha value is -2.85. The summed E-state index contributed by atoms with van der Waals surface area (Å²) in [4.78, 5) is 16.5. The van der Waals surface area contributed by atoms with Gasteiger partial charge >= 0.3 is 0 Å². The first-order valence-corrected chi connectivity index (χ1v) is 8.30. The van der Waals surface area contributed by atoms with E-state index in [4.69, 9.17) is 11.6 Å². The predicted octanol–water partition coefficient (Wildman–Crippen LogP) is 4.91. The molecule has 0 aliphatic rings. The molecule has 1 aromatic heterocycles. The van der Waals surface area contributed by atoms with Crippen molar-refractivity contribution in [2.24, 2.45) is 0 Å². The lowest BCUT2D eigenvalue weighted by molar-refractivity contribution is 0.102. The molecule has 0 unspecified atom stereocenters. The first-order chi connectivity index (χ1) is 12.1. The smallest absolute Gasteiger partial charge is 0.257 e. The molecule has 2 aromatic carbocycles. The zero-order chi connectivity index (χ0) is 17.6. The van der Waals surface area contributed by atoms with Crippen LogP contribution < -0.4 is 10.6 Å². The third-order valence-electron chi connectivity index (χ3n) is 3.74. The molecule has 5 heteroatoms. The monoisotopic (exact) mass is 351 g/mol. The highest BCUT2D eigenvalue weighted by Crippen LogP contribution is 2.21. The average molecular weight is 352 g/mol. The van der Waals surface area contributed by atoms with Crippen molar-refractivity contribution in [2.45, 2.75) is 13.5 Å². The molecule has 0 fully saturated rings. The third kappa shape index (κ3) is 4.58. The second-order valence-corrected chi connectivity index (χ2v) is 6.14. The lowest BCUT2D eigenvalue weighted by Gasteiger charge is -2.10. The Kier molecular flexibility index (Phi) is 5.31. The summed E-state index contributed by atoms with van der Waals surface area (Å²) in [6, 6.07) is 17.2. The number of hydrogen-bond acceptors (Lipinski definition) is 3. The summed E-state index contributed by atoms with van der Waals surface area (Å²) < 4.78 is 0. The molecule has 1 heterocycles. The minimum Gasteiger partial charge on any atom is -0.380 e. The Morgan fingerprint density at radius 3 is 2.60 bits per heavy atom. The van der Waals surface area contributed by atoms with Gasteiger partial charge in [-0.25, -0.2) is 0 Å². The number of halogens is 1. The predicted molar refractivity (Wildman–Crippen MR) is 102 cm³/mol. The lowest BCUT2D eigenvalue weighted by atomic mass is 10.1. The van der Waals surface area contributed by atoms with Crippen LogP contribution in [0.5, 0.6) is 0 Å². The van der Waals surface area contributed by atoms with Gasteiger partial charge in [0.05, 0.1) is 22.0 Å². The van der Waals surface area contributed by atoms with Crippen LogP contribution in [-0.4, -0.2) is 10.9 Å². The topological polar surface area (TPSA) is 54.0 Å². The zero-order valence-electron chi connectivity index (χ0n) is 13.8. The fourth-order valence-electron chi connectivity index (χ4n) is 2.33. The molecule has 0 spiro atoms. The van der Waals surface area contributed by atoms with Gasteiger partial charge in [-0.2, -0.15) is 0 Å². The van der Waals surface area contributed by atoms with Gasteiger partial charge in [-0.1, -0.05) is 53.6 Å². The Labute approximate surface area is 151 Å². The summed E-state index contributed by atoms with van der Waals surface area (Å²) in [6.45, 7) is 2.72. The van der Waals surface area contributed by atoms with Gasteiger partial charge in [0, 0.05) is 18.9 Å². The highest BCUT2D eigenvalue weighted by molar-refractivity contribution is 6.33. The van der Waals surface area contributed by atoms with Gasteiger partial charge in [0.25, 0.3) is 5.91 Å². The van der Waals surface area contributed by atoms with E-state index in [1.54, 1.807) is 24.4 Å². The number of hydrogen-bond donors (Lipinski definition) is 2. The van der Waals surface area contributed by atoms with Crippen molar-refractivity contribution in [2.75, 3.05) is 10.6 Å². The van der Waals surface area contributed by atoms with Gasteiger partial charge in [0.15, 0.2) is 0 Å². The molecule has 25 heavy (non-hydrogen) atoms. The normalized spacial score (nSPS) is 10.3. The number of nitrogens with zero attached hydrogens (tertiary/aromatic N) is 1. The summed E-state index contributed by atoms with van der Waals surface area (Å²) >= 11 is 6.07. The molecule has 0 atom stereocenters. The maximum Gasteiger partial charge on any atom is 0.257 e. The van der Waals surface area contributed by atoms with E-state index in [-0.39, 0.29) is 5.91 Å². The second-order valence-electron chi connectivity index (χ2n) is 5.74. The third-order valence-corrected chi connectivity index (χ3v) is 4.07. The molecule has 0 radical (unpaired) electrons. The largest absolute Gasteiger partial charge is 0.380 e.